The fourth-order valence-corrected chi connectivity index (χ4v) is 5.23. The van der Waals surface area contributed by atoms with E-state index in [-0.39, 0.29) is 0 Å². The van der Waals surface area contributed by atoms with Crippen molar-refractivity contribution >= 4 is 22.7 Å². The molecule has 0 amide bonds. The highest BCUT2D eigenvalue weighted by Crippen LogP contribution is 2.41. The van der Waals surface area contributed by atoms with Crippen molar-refractivity contribution in [2.75, 3.05) is 13.2 Å². The van der Waals surface area contributed by atoms with Crippen LogP contribution < -0.4 is 0 Å². The van der Waals surface area contributed by atoms with Crippen molar-refractivity contribution in [1.29, 1.82) is 0 Å². The number of aryl methyl sites for hydroxylation is 2. The lowest BCUT2D eigenvalue weighted by atomic mass is 10.1. The van der Waals surface area contributed by atoms with Crippen LogP contribution in [0.2, 0.25) is 0 Å². The molecule has 0 aromatic carbocycles. The maximum atomic E-state index is 5.86. The molecule has 0 spiro atoms. The number of nitrogens with zero attached hydrogens (tertiary/aromatic N) is 1. The summed E-state index contributed by atoms with van der Waals surface area (Å²) in [4.78, 5) is 5.22. The number of aromatic nitrogens is 1. The van der Waals surface area contributed by atoms with E-state index in [9.17, 15) is 0 Å². The first-order valence-electron chi connectivity index (χ1n) is 9.06. The van der Waals surface area contributed by atoms with Gasteiger partial charge in [0.25, 0.3) is 0 Å². The first kappa shape index (κ1) is 19.4. The highest BCUT2D eigenvalue weighted by Gasteiger charge is 2.24. The molecule has 0 unspecified atom stereocenters. The van der Waals surface area contributed by atoms with Crippen molar-refractivity contribution in [2.45, 2.75) is 40.9 Å². The van der Waals surface area contributed by atoms with Gasteiger partial charge in [-0.1, -0.05) is 0 Å². The monoisotopic (exact) mass is 389 g/mol. The summed E-state index contributed by atoms with van der Waals surface area (Å²) in [5.41, 5.74) is 5.02. The van der Waals surface area contributed by atoms with Gasteiger partial charge < -0.3 is 14.0 Å². The van der Waals surface area contributed by atoms with Crippen LogP contribution in [0.25, 0.3) is 21.1 Å². The lowest BCUT2D eigenvalue weighted by molar-refractivity contribution is 0.120. The maximum absolute atomic E-state index is 5.86. The van der Waals surface area contributed by atoms with Crippen LogP contribution >= 0.6 is 22.7 Å². The molecule has 0 fully saturated rings. The molecule has 0 atom stereocenters. The zero-order valence-electron chi connectivity index (χ0n) is 16.2. The standard InChI is InChI=1S/C21H27NO2S2/c1-6-23-12-16-17(13-24-7-2)21(19-11-9-15(4)26-19)22(5)20(16)18-10-8-14(3)25-18/h8-11H,6-7,12-13H2,1-5H3. The van der Waals surface area contributed by atoms with Crippen molar-refractivity contribution in [3.05, 3.63) is 45.1 Å². The number of ether oxygens (including phenoxy) is 2. The summed E-state index contributed by atoms with van der Waals surface area (Å²) in [7, 11) is 2.17. The molecule has 140 valence electrons. The van der Waals surface area contributed by atoms with Gasteiger partial charge in [0.2, 0.25) is 0 Å². The van der Waals surface area contributed by atoms with E-state index in [4.69, 9.17) is 9.47 Å². The number of hydrogen-bond acceptors (Lipinski definition) is 4. The minimum absolute atomic E-state index is 0.614. The molecule has 5 heteroatoms. The summed E-state index contributed by atoms with van der Waals surface area (Å²) in [6.07, 6.45) is 0. The first-order valence-corrected chi connectivity index (χ1v) is 10.7. The fraction of sp³-hybridized carbons (Fsp3) is 0.429. The van der Waals surface area contributed by atoms with E-state index in [1.54, 1.807) is 0 Å². The van der Waals surface area contributed by atoms with E-state index >= 15 is 0 Å². The van der Waals surface area contributed by atoms with E-state index in [1.807, 2.05) is 36.5 Å². The van der Waals surface area contributed by atoms with E-state index in [1.165, 1.54) is 42.0 Å². The molecule has 3 heterocycles. The van der Waals surface area contributed by atoms with Crippen LogP contribution in [0.4, 0.5) is 0 Å². The Morgan fingerprint density at radius 3 is 1.50 bits per heavy atom. The predicted molar refractivity (Wildman–Crippen MR) is 112 cm³/mol. The minimum Gasteiger partial charge on any atom is -0.377 e. The maximum Gasteiger partial charge on any atom is 0.0741 e. The molecule has 0 aliphatic carbocycles. The van der Waals surface area contributed by atoms with Gasteiger partial charge in [0, 0.05) is 41.1 Å². The van der Waals surface area contributed by atoms with Gasteiger partial charge >= 0.3 is 0 Å². The molecule has 0 aliphatic heterocycles. The Labute approximate surface area is 164 Å². The van der Waals surface area contributed by atoms with Crippen LogP contribution in [-0.4, -0.2) is 17.8 Å². The average molecular weight is 390 g/mol. The van der Waals surface area contributed by atoms with Crippen LogP contribution in [0.1, 0.15) is 34.7 Å². The third-order valence-electron chi connectivity index (χ3n) is 4.46. The van der Waals surface area contributed by atoms with Crippen LogP contribution in [0.5, 0.6) is 0 Å². The normalized spacial score (nSPS) is 11.4. The Hall–Kier alpha value is -1.40. The summed E-state index contributed by atoms with van der Waals surface area (Å²) in [5.74, 6) is 0. The second-order valence-electron chi connectivity index (χ2n) is 6.31. The molecular weight excluding hydrogens is 362 g/mol. The van der Waals surface area contributed by atoms with Crippen LogP contribution in [-0.2, 0) is 29.7 Å². The smallest absolute Gasteiger partial charge is 0.0741 e. The van der Waals surface area contributed by atoms with Crippen molar-refractivity contribution in [3.63, 3.8) is 0 Å². The third kappa shape index (κ3) is 3.81. The van der Waals surface area contributed by atoms with Crippen LogP contribution in [0, 0.1) is 13.8 Å². The molecule has 0 saturated heterocycles. The van der Waals surface area contributed by atoms with Gasteiger partial charge in [0.05, 0.1) is 34.4 Å². The molecule has 3 rings (SSSR count). The van der Waals surface area contributed by atoms with Crippen molar-refractivity contribution in [1.82, 2.24) is 4.57 Å². The van der Waals surface area contributed by atoms with E-state index in [0.29, 0.717) is 26.4 Å². The van der Waals surface area contributed by atoms with Gasteiger partial charge in [0.15, 0.2) is 0 Å². The minimum atomic E-state index is 0.614. The molecule has 0 N–H and O–H groups in total. The van der Waals surface area contributed by atoms with Crippen LogP contribution in [0.15, 0.2) is 24.3 Å². The Kier molecular flexibility index (Phi) is 6.35. The predicted octanol–water partition coefficient (Wildman–Crippen LogP) is 6.17. The quantitative estimate of drug-likeness (QED) is 0.460. The van der Waals surface area contributed by atoms with Gasteiger partial charge in [-0.3, -0.25) is 0 Å². The van der Waals surface area contributed by atoms with Crippen molar-refractivity contribution < 1.29 is 9.47 Å². The molecular formula is C21H27NO2S2. The molecule has 0 aliphatic rings. The zero-order valence-corrected chi connectivity index (χ0v) is 17.9. The Balaban J connectivity index is 2.23. The second-order valence-corrected chi connectivity index (χ2v) is 8.88. The number of rotatable bonds is 8. The second kappa shape index (κ2) is 8.53. The van der Waals surface area contributed by atoms with E-state index in [0.717, 1.165) is 0 Å². The van der Waals surface area contributed by atoms with Gasteiger partial charge in [0.1, 0.15) is 0 Å². The fourth-order valence-electron chi connectivity index (χ4n) is 3.27. The molecule has 0 bridgehead atoms. The first-order chi connectivity index (χ1) is 12.6. The zero-order chi connectivity index (χ0) is 18.7. The van der Waals surface area contributed by atoms with Gasteiger partial charge in [-0.25, -0.2) is 0 Å². The van der Waals surface area contributed by atoms with Gasteiger partial charge in [-0.2, -0.15) is 0 Å². The molecule has 3 nitrogen and oxygen atoms in total. The van der Waals surface area contributed by atoms with Crippen molar-refractivity contribution in [3.8, 4) is 21.1 Å². The SMILES string of the molecule is CCOCc1c(COCC)c(-c2ccc(C)s2)n(C)c1-c1ccc(C)s1. The molecule has 0 saturated carbocycles. The molecule has 3 aromatic rings. The summed E-state index contributed by atoms with van der Waals surface area (Å²) in [6, 6.07) is 8.82. The summed E-state index contributed by atoms with van der Waals surface area (Å²) < 4.78 is 14.0. The summed E-state index contributed by atoms with van der Waals surface area (Å²) in [5, 5.41) is 0. The highest BCUT2D eigenvalue weighted by atomic mass is 32.1. The van der Waals surface area contributed by atoms with Crippen molar-refractivity contribution in [2.24, 2.45) is 7.05 Å². The average Bonchev–Trinajstić information content (AvgIpc) is 3.29. The van der Waals surface area contributed by atoms with Gasteiger partial charge in [-0.15, -0.1) is 22.7 Å². The topological polar surface area (TPSA) is 23.4 Å². The largest absolute Gasteiger partial charge is 0.377 e. The summed E-state index contributed by atoms with van der Waals surface area (Å²) >= 11 is 3.67. The summed E-state index contributed by atoms with van der Waals surface area (Å²) in [6.45, 7) is 11.0. The Morgan fingerprint density at radius 1 is 0.769 bits per heavy atom. The van der Waals surface area contributed by atoms with Crippen LogP contribution in [0.3, 0.4) is 0 Å². The van der Waals surface area contributed by atoms with E-state index in [2.05, 4.69) is 49.7 Å². The molecule has 0 radical (unpaired) electrons. The Morgan fingerprint density at radius 2 is 1.19 bits per heavy atom. The van der Waals surface area contributed by atoms with Gasteiger partial charge in [-0.05, 0) is 52.0 Å². The third-order valence-corrected chi connectivity index (χ3v) is 6.47. The molecule has 3 aromatic heterocycles. The lowest BCUT2D eigenvalue weighted by Gasteiger charge is -2.08. The number of hydrogen-bond donors (Lipinski definition) is 0. The number of thiophene rings is 2. The Bertz CT molecular complexity index is 803. The lowest BCUT2D eigenvalue weighted by Crippen LogP contribution is -2.00. The molecule has 26 heavy (non-hydrogen) atoms. The van der Waals surface area contributed by atoms with E-state index < -0.39 is 0 Å². The highest BCUT2D eigenvalue weighted by molar-refractivity contribution is 7.15.